The quantitative estimate of drug-likeness (QED) is 0.772. The Hall–Kier alpha value is -1.66. The maximum Gasteiger partial charge on any atom is 0.329 e. The van der Waals surface area contributed by atoms with E-state index in [-0.39, 0.29) is 11.8 Å². The number of pyridine rings is 1. The van der Waals surface area contributed by atoms with E-state index in [0.29, 0.717) is 5.69 Å². The summed E-state index contributed by atoms with van der Waals surface area (Å²) in [4.78, 5) is 25.3. The van der Waals surface area contributed by atoms with Crippen LogP contribution < -0.4 is 5.32 Å². The van der Waals surface area contributed by atoms with Gasteiger partial charge in [-0.15, -0.1) is 0 Å². The van der Waals surface area contributed by atoms with Crippen molar-refractivity contribution < 1.29 is 19.4 Å². The molecule has 1 aromatic heterocycles. The first kappa shape index (κ1) is 13.4. The van der Waals surface area contributed by atoms with Crippen LogP contribution in [0.25, 0.3) is 0 Å². The molecule has 2 N–H and O–H groups in total. The number of amides is 1. The molecule has 1 heterocycles. The number of carboxylic acid groups (broad SMARTS) is 1. The van der Waals surface area contributed by atoms with E-state index < -0.39 is 18.5 Å². The molecule has 92 valence electrons. The van der Waals surface area contributed by atoms with Crippen LogP contribution in [0.1, 0.15) is 5.56 Å². The highest BCUT2D eigenvalue weighted by Gasteiger charge is 2.08. The van der Waals surface area contributed by atoms with Crippen LogP contribution in [-0.4, -0.2) is 35.2 Å². The number of halogens is 1. The first-order valence-electron chi connectivity index (χ1n) is 4.70. The number of nitrogens with zero attached hydrogens (tertiary/aromatic N) is 1. The van der Waals surface area contributed by atoms with E-state index in [2.05, 4.69) is 15.0 Å². The van der Waals surface area contributed by atoms with Gasteiger partial charge in [-0.25, -0.2) is 9.78 Å². The van der Waals surface area contributed by atoms with Gasteiger partial charge in [-0.3, -0.25) is 4.79 Å². The van der Waals surface area contributed by atoms with Crippen LogP contribution in [0.3, 0.4) is 0 Å². The molecular weight excluding hydrogens is 248 g/mol. The van der Waals surface area contributed by atoms with Crippen LogP contribution in [0.2, 0.25) is 5.15 Å². The Morgan fingerprint density at radius 3 is 2.88 bits per heavy atom. The van der Waals surface area contributed by atoms with Crippen LogP contribution in [0.5, 0.6) is 0 Å². The van der Waals surface area contributed by atoms with Gasteiger partial charge in [0.1, 0.15) is 13.2 Å². The van der Waals surface area contributed by atoms with Crippen LogP contribution in [0.4, 0.5) is 5.69 Å². The largest absolute Gasteiger partial charge is 0.480 e. The molecule has 0 bridgehead atoms. The third kappa shape index (κ3) is 4.80. The summed E-state index contributed by atoms with van der Waals surface area (Å²) in [5, 5.41) is 11.0. The average molecular weight is 259 g/mol. The number of ether oxygens (including phenoxy) is 1. The number of aryl methyl sites for hydroxylation is 1. The summed E-state index contributed by atoms with van der Waals surface area (Å²) in [6.45, 7) is 0.934. The fourth-order valence-corrected chi connectivity index (χ4v) is 1.21. The molecule has 0 saturated carbocycles. The lowest BCUT2D eigenvalue weighted by atomic mass is 10.3. The summed E-state index contributed by atoms with van der Waals surface area (Å²) in [6, 6.07) is 1.66. The number of carbonyl (C=O) groups excluding carboxylic acids is 1. The predicted molar refractivity (Wildman–Crippen MR) is 61.1 cm³/mol. The highest BCUT2D eigenvalue weighted by molar-refractivity contribution is 6.32. The maximum atomic E-state index is 11.3. The van der Waals surface area contributed by atoms with Crippen molar-refractivity contribution in [3.63, 3.8) is 0 Å². The smallest absolute Gasteiger partial charge is 0.329 e. The molecule has 0 unspecified atom stereocenters. The molecule has 1 amide bonds. The summed E-state index contributed by atoms with van der Waals surface area (Å²) in [6.07, 6.45) is 1.57. The molecule has 1 rings (SSSR count). The van der Waals surface area contributed by atoms with Crippen molar-refractivity contribution in [1.29, 1.82) is 0 Å². The summed E-state index contributed by atoms with van der Waals surface area (Å²) in [5.41, 5.74) is 1.21. The van der Waals surface area contributed by atoms with Crippen molar-refractivity contribution in [1.82, 2.24) is 4.98 Å². The molecule has 6 nitrogen and oxygen atoms in total. The van der Waals surface area contributed by atoms with Crippen LogP contribution in [0.15, 0.2) is 12.3 Å². The van der Waals surface area contributed by atoms with Gasteiger partial charge in [0, 0.05) is 6.20 Å². The van der Waals surface area contributed by atoms with E-state index in [9.17, 15) is 9.59 Å². The van der Waals surface area contributed by atoms with E-state index in [0.717, 1.165) is 5.56 Å². The number of hydrogen-bond donors (Lipinski definition) is 2. The van der Waals surface area contributed by atoms with Gasteiger partial charge in [-0.1, -0.05) is 11.6 Å². The number of carboxylic acids is 1. The number of aliphatic carboxylic acids is 1. The van der Waals surface area contributed by atoms with Gasteiger partial charge in [-0.05, 0) is 18.6 Å². The van der Waals surface area contributed by atoms with E-state index in [1.165, 1.54) is 0 Å². The Morgan fingerprint density at radius 2 is 2.24 bits per heavy atom. The van der Waals surface area contributed by atoms with Crippen molar-refractivity contribution in [2.45, 2.75) is 6.92 Å². The summed E-state index contributed by atoms with van der Waals surface area (Å²) >= 11 is 5.76. The van der Waals surface area contributed by atoms with Gasteiger partial charge >= 0.3 is 5.97 Å². The van der Waals surface area contributed by atoms with Gasteiger partial charge in [0.25, 0.3) is 0 Å². The molecule has 7 heteroatoms. The Labute approximate surface area is 103 Å². The van der Waals surface area contributed by atoms with Gasteiger partial charge in [0.2, 0.25) is 5.91 Å². The van der Waals surface area contributed by atoms with Crippen LogP contribution in [0, 0.1) is 6.92 Å². The molecule has 0 fully saturated rings. The first-order chi connectivity index (χ1) is 7.99. The fourth-order valence-electron chi connectivity index (χ4n) is 1.06. The highest BCUT2D eigenvalue weighted by Crippen LogP contribution is 2.19. The molecule has 0 aliphatic carbocycles. The average Bonchev–Trinajstić information content (AvgIpc) is 2.23. The number of carbonyl (C=O) groups is 2. The molecule has 0 atom stereocenters. The lowest BCUT2D eigenvalue weighted by molar-refractivity contribution is -0.143. The Balaban J connectivity index is 2.50. The zero-order valence-electron chi connectivity index (χ0n) is 9.07. The van der Waals surface area contributed by atoms with Gasteiger partial charge < -0.3 is 15.2 Å². The summed E-state index contributed by atoms with van der Waals surface area (Å²) in [5.74, 6) is -1.62. The maximum absolute atomic E-state index is 11.3. The Morgan fingerprint density at radius 1 is 1.53 bits per heavy atom. The number of rotatable bonds is 5. The summed E-state index contributed by atoms with van der Waals surface area (Å²) < 4.78 is 4.62. The van der Waals surface area contributed by atoms with Gasteiger partial charge in [0.05, 0.1) is 5.69 Å². The van der Waals surface area contributed by atoms with E-state index >= 15 is 0 Å². The number of hydrogen-bond acceptors (Lipinski definition) is 4. The van der Waals surface area contributed by atoms with Crippen molar-refractivity contribution in [3.05, 3.63) is 23.0 Å². The van der Waals surface area contributed by atoms with E-state index in [1.807, 2.05) is 0 Å². The zero-order chi connectivity index (χ0) is 12.8. The third-order valence-electron chi connectivity index (χ3n) is 1.71. The molecule has 0 aliphatic rings. The molecule has 0 saturated heterocycles. The molecule has 0 aromatic carbocycles. The molecule has 0 spiro atoms. The minimum atomic E-state index is -1.13. The lowest BCUT2D eigenvalue weighted by Gasteiger charge is -2.07. The van der Waals surface area contributed by atoms with Crippen LogP contribution >= 0.6 is 11.6 Å². The zero-order valence-corrected chi connectivity index (χ0v) is 9.82. The topological polar surface area (TPSA) is 88.5 Å². The third-order valence-corrected chi connectivity index (χ3v) is 2.01. The fraction of sp³-hybridized carbons (Fsp3) is 0.300. The van der Waals surface area contributed by atoms with Crippen molar-refractivity contribution in [3.8, 4) is 0 Å². The van der Waals surface area contributed by atoms with Crippen molar-refractivity contribution in [2.24, 2.45) is 0 Å². The molecule has 0 radical (unpaired) electrons. The van der Waals surface area contributed by atoms with Crippen molar-refractivity contribution >= 4 is 29.2 Å². The Kier molecular flexibility index (Phi) is 4.86. The number of anilines is 1. The highest BCUT2D eigenvalue weighted by atomic mass is 35.5. The minimum absolute atomic E-state index is 0.169. The van der Waals surface area contributed by atoms with Gasteiger partial charge in [0.15, 0.2) is 5.15 Å². The molecule has 17 heavy (non-hydrogen) atoms. The minimum Gasteiger partial charge on any atom is -0.480 e. The number of nitrogens with one attached hydrogen (secondary N) is 1. The second kappa shape index (κ2) is 6.17. The normalized spacial score (nSPS) is 10.0. The Bertz CT molecular complexity index is 436. The predicted octanol–water partition coefficient (Wildman–Crippen LogP) is 1.08. The molecule has 0 aliphatic heterocycles. The number of aromatic nitrogens is 1. The van der Waals surface area contributed by atoms with Crippen molar-refractivity contribution in [2.75, 3.05) is 18.5 Å². The molecule has 1 aromatic rings. The van der Waals surface area contributed by atoms with Gasteiger partial charge in [-0.2, -0.15) is 0 Å². The van der Waals surface area contributed by atoms with E-state index in [4.69, 9.17) is 16.7 Å². The lowest BCUT2D eigenvalue weighted by Crippen LogP contribution is -2.21. The van der Waals surface area contributed by atoms with E-state index in [1.54, 1.807) is 19.2 Å². The van der Waals surface area contributed by atoms with Crippen LogP contribution in [-0.2, 0) is 14.3 Å². The second-order valence-corrected chi connectivity index (χ2v) is 3.64. The SMILES string of the molecule is Cc1cnc(Cl)c(NC(=O)COCC(=O)O)c1. The standard InChI is InChI=1S/C10H11ClN2O4/c1-6-2-7(10(11)12-3-6)13-8(14)4-17-5-9(15)16/h2-3H,4-5H2,1H3,(H,13,14)(H,15,16). The second-order valence-electron chi connectivity index (χ2n) is 3.29. The monoisotopic (exact) mass is 258 g/mol. The summed E-state index contributed by atoms with van der Waals surface area (Å²) in [7, 11) is 0. The first-order valence-corrected chi connectivity index (χ1v) is 5.08. The molecular formula is C10H11ClN2O4.